The van der Waals surface area contributed by atoms with Crippen LogP contribution >= 0.6 is 0 Å². The van der Waals surface area contributed by atoms with E-state index in [4.69, 9.17) is 14.6 Å². The SMILES string of the molecule is COc1ccccc1[C@@H]1CC(c2ccc(C)c(C)c2)=NN1C(=O)CN(CCN1CCOCC1)C(=O)C(C)C. The van der Waals surface area contributed by atoms with Crippen LogP contribution in [0, 0.1) is 19.8 Å². The molecule has 0 unspecified atom stereocenters. The van der Waals surface area contributed by atoms with Crippen molar-refractivity contribution < 1.29 is 19.1 Å². The molecule has 0 aromatic heterocycles. The van der Waals surface area contributed by atoms with Gasteiger partial charge < -0.3 is 14.4 Å². The molecule has 0 aliphatic carbocycles. The van der Waals surface area contributed by atoms with E-state index in [9.17, 15) is 9.59 Å². The van der Waals surface area contributed by atoms with Crippen molar-refractivity contribution in [1.29, 1.82) is 0 Å². The summed E-state index contributed by atoms with van der Waals surface area (Å²) in [6.07, 6.45) is 0.570. The fraction of sp³-hybridized carbons (Fsp3) is 0.500. The molecule has 0 radical (unpaired) electrons. The highest BCUT2D eigenvalue weighted by molar-refractivity contribution is 6.03. The van der Waals surface area contributed by atoms with Gasteiger partial charge in [-0.3, -0.25) is 14.5 Å². The number of methoxy groups -OCH3 is 1. The number of amides is 2. The lowest BCUT2D eigenvalue weighted by molar-refractivity contribution is -0.143. The lowest BCUT2D eigenvalue weighted by atomic mass is 9.96. The molecule has 1 fully saturated rings. The molecule has 0 bridgehead atoms. The number of hydrazone groups is 1. The quantitative estimate of drug-likeness (QED) is 0.503. The summed E-state index contributed by atoms with van der Waals surface area (Å²) >= 11 is 0. The lowest BCUT2D eigenvalue weighted by Crippen LogP contribution is -2.47. The summed E-state index contributed by atoms with van der Waals surface area (Å²) in [5.41, 5.74) is 5.16. The van der Waals surface area contributed by atoms with Crippen molar-refractivity contribution in [3.8, 4) is 5.75 Å². The van der Waals surface area contributed by atoms with Crippen LogP contribution in [0.3, 0.4) is 0 Å². The van der Waals surface area contributed by atoms with Crippen LogP contribution in [-0.4, -0.2) is 85.4 Å². The standard InChI is InChI=1S/C30H40N4O4/c1-21(2)30(36)33(13-12-32-14-16-38-17-15-32)20-29(35)34-27(25-8-6-7-9-28(25)37-5)19-26(31-34)24-11-10-22(3)23(4)18-24/h6-11,18,21,27H,12-17,19-20H2,1-5H3/t27-/m0/s1. The van der Waals surface area contributed by atoms with E-state index in [1.165, 1.54) is 11.1 Å². The molecule has 2 aromatic rings. The largest absolute Gasteiger partial charge is 0.496 e. The number of carbonyl (C=O) groups is 2. The minimum Gasteiger partial charge on any atom is -0.496 e. The zero-order chi connectivity index (χ0) is 27.2. The van der Waals surface area contributed by atoms with Crippen LogP contribution < -0.4 is 4.74 Å². The summed E-state index contributed by atoms with van der Waals surface area (Å²) in [5.74, 6) is 0.286. The molecular formula is C30H40N4O4. The minimum absolute atomic E-state index is 0.0172. The van der Waals surface area contributed by atoms with Gasteiger partial charge in [0.05, 0.1) is 32.1 Å². The van der Waals surface area contributed by atoms with Crippen molar-refractivity contribution in [3.63, 3.8) is 0 Å². The Kier molecular flexibility index (Phi) is 9.17. The van der Waals surface area contributed by atoms with Crippen molar-refractivity contribution in [3.05, 3.63) is 64.7 Å². The van der Waals surface area contributed by atoms with Crippen molar-refractivity contribution in [2.24, 2.45) is 11.0 Å². The van der Waals surface area contributed by atoms with Gasteiger partial charge in [0.2, 0.25) is 5.91 Å². The Morgan fingerprint density at radius 2 is 1.84 bits per heavy atom. The molecule has 1 atom stereocenters. The molecule has 2 aliphatic rings. The van der Waals surface area contributed by atoms with Crippen LogP contribution in [-0.2, 0) is 14.3 Å². The molecule has 2 aliphatic heterocycles. The van der Waals surface area contributed by atoms with Gasteiger partial charge in [-0.05, 0) is 42.7 Å². The first-order valence-electron chi connectivity index (χ1n) is 13.5. The minimum atomic E-state index is -0.314. The van der Waals surface area contributed by atoms with E-state index in [1.807, 2.05) is 38.1 Å². The Hall–Kier alpha value is -3.23. The van der Waals surface area contributed by atoms with Gasteiger partial charge in [-0.2, -0.15) is 5.10 Å². The van der Waals surface area contributed by atoms with Gasteiger partial charge in [0.15, 0.2) is 0 Å². The number of rotatable bonds is 9. The van der Waals surface area contributed by atoms with Gasteiger partial charge >= 0.3 is 0 Å². The van der Waals surface area contributed by atoms with E-state index in [0.717, 1.165) is 29.9 Å². The Morgan fingerprint density at radius 1 is 1.11 bits per heavy atom. The molecule has 0 saturated carbocycles. The van der Waals surface area contributed by atoms with E-state index in [1.54, 1.807) is 17.0 Å². The summed E-state index contributed by atoms with van der Waals surface area (Å²) in [6.45, 7) is 12.2. The Morgan fingerprint density at radius 3 is 2.53 bits per heavy atom. The van der Waals surface area contributed by atoms with E-state index >= 15 is 0 Å². The van der Waals surface area contributed by atoms with Crippen LogP contribution in [0.4, 0.5) is 0 Å². The molecule has 204 valence electrons. The van der Waals surface area contributed by atoms with Crippen molar-refractivity contribution in [2.45, 2.75) is 40.2 Å². The van der Waals surface area contributed by atoms with E-state index in [-0.39, 0.29) is 30.3 Å². The van der Waals surface area contributed by atoms with Crippen LogP contribution in [0.5, 0.6) is 5.75 Å². The van der Waals surface area contributed by atoms with Gasteiger partial charge in [0.25, 0.3) is 5.91 Å². The predicted molar refractivity (Wildman–Crippen MR) is 148 cm³/mol. The third-order valence-corrected chi connectivity index (χ3v) is 7.43. The molecule has 8 heteroatoms. The maximum atomic E-state index is 13.9. The number of benzene rings is 2. The normalized spacial score (nSPS) is 18.0. The summed E-state index contributed by atoms with van der Waals surface area (Å²) in [5, 5.41) is 6.42. The second-order valence-corrected chi connectivity index (χ2v) is 10.4. The fourth-order valence-corrected chi connectivity index (χ4v) is 4.97. The van der Waals surface area contributed by atoms with Crippen molar-refractivity contribution in [2.75, 3.05) is 53.0 Å². The lowest BCUT2D eigenvalue weighted by Gasteiger charge is -2.32. The van der Waals surface area contributed by atoms with Crippen LogP contribution in [0.1, 0.15) is 48.6 Å². The fourth-order valence-electron chi connectivity index (χ4n) is 4.97. The summed E-state index contributed by atoms with van der Waals surface area (Å²) in [7, 11) is 1.64. The third kappa shape index (κ3) is 6.42. The van der Waals surface area contributed by atoms with E-state index in [2.05, 4.69) is 36.9 Å². The van der Waals surface area contributed by atoms with E-state index < -0.39 is 0 Å². The Bertz CT molecular complexity index is 1170. The molecule has 2 amide bonds. The average molecular weight is 521 g/mol. The smallest absolute Gasteiger partial charge is 0.262 e. The topological polar surface area (TPSA) is 74.7 Å². The monoisotopic (exact) mass is 520 g/mol. The number of nitrogens with zero attached hydrogens (tertiary/aromatic N) is 4. The van der Waals surface area contributed by atoms with Crippen molar-refractivity contribution in [1.82, 2.24) is 14.8 Å². The Balaban J connectivity index is 1.61. The summed E-state index contributed by atoms with van der Waals surface area (Å²) in [4.78, 5) is 31.0. The summed E-state index contributed by atoms with van der Waals surface area (Å²) < 4.78 is 11.1. The molecule has 2 aromatic carbocycles. The van der Waals surface area contributed by atoms with Crippen LogP contribution in [0.2, 0.25) is 0 Å². The molecule has 8 nitrogen and oxygen atoms in total. The van der Waals surface area contributed by atoms with Crippen LogP contribution in [0.15, 0.2) is 47.6 Å². The highest BCUT2D eigenvalue weighted by Gasteiger charge is 2.36. The molecule has 1 saturated heterocycles. The highest BCUT2D eigenvalue weighted by Crippen LogP contribution is 2.37. The molecule has 0 spiro atoms. The zero-order valence-corrected chi connectivity index (χ0v) is 23.3. The first kappa shape index (κ1) is 27.8. The Labute approximate surface area is 226 Å². The number of aryl methyl sites for hydroxylation is 2. The second-order valence-electron chi connectivity index (χ2n) is 10.4. The zero-order valence-electron chi connectivity index (χ0n) is 23.3. The second kappa shape index (κ2) is 12.5. The molecule has 4 rings (SSSR count). The maximum absolute atomic E-state index is 13.9. The molecule has 38 heavy (non-hydrogen) atoms. The molecule has 0 N–H and O–H groups in total. The van der Waals surface area contributed by atoms with Gasteiger partial charge in [-0.15, -0.1) is 0 Å². The maximum Gasteiger partial charge on any atom is 0.262 e. The molecule has 2 heterocycles. The van der Waals surface area contributed by atoms with Crippen LogP contribution in [0.25, 0.3) is 0 Å². The molecular weight excluding hydrogens is 480 g/mol. The number of hydrogen-bond donors (Lipinski definition) is 0. The number of hydrogen-bond acceptors (Lipinski definition) is 6. The van der Waals surface area contributed by atoms with Gasteiger partial charge in [0.1, 0.15) is 12.3 Å². The first-order valence-corrected chi connectivity index (χ1v) is 13.5. The summed E-state index contributed by atoms with van der Waals surface area (Å²) in [6, 6.07) is 13.7. The van der Waals surface area contributed by atoms with Gasteiger partial charge in [-0.1, -0.05) is 44.2 Å². The number of ether oxygens (including phenoxy) is 2. The van der Waals surface area contributed by atoms with Crippen molar-refractivity contribution >= 4 is 17.5 Å². The first-order chi connectivity index (χ1) is 18.3. The number of carbonyl (C=O) groups excluding carboxylic acids is 2. The average Bonchev–Trinajstić information content (AvgIpc) is 3.38. The van der Waals surface area contributed by atoms with Gasteiger partial charge in [-0.25, -0.2) is 5.01 Å². The van der Waals surface area contributed by atoms with E-state index in [0.29, 0.717) is 38.5 Å². The highest BCUT2D eigenvalue weighted by atomic mass is 16.5. The number of morpholine rings is 1. The predicted octanol–water partition coefficient (Wildman–Crippen LogP) is 3.81. The van der Waals surface area contributed by atoms with Gasteiger partial charge in [0, 0.05) is 44.1 Å². The number of para-hydroxylation sites is 1. The third-order valence-electron chi connectivity index (χ3n) is 7.43.